The van der Waals surface area contributed by atoms with Crippen LogP contribution in [0.3, 0.4) is 0 Å². The summed E-state index contributed by atoms with van der Waals surface area (Å²) in [6.45, 7) is 6.03. The molecule has 1 fully saturated rings. The van der Waals surface area contributed by atoms with Gasteiger partial charge in [0.15, 0.2) is 0 Å². The minimum absolute atomic E-state index is 0.0587. The van der Waals surface area contributed by atoms with Crippen LogP contribution in [0.5, 0.6) is 0 Å². The SMILES string of the molecule is CC(C)[C@@H](N[C@@H](C)C(=O)NC(=O)NC1CCCCC1)c1ccccc1. The van der Waals surface area contributed by atoms with Crippen molar-refractivity contribution in [3.05, 3.63) is 35.9 Å². The van der Waals surface area contributed by atoms with Crippen LogP contribution in [0, 0.1) is 5.92 Å². The number of nitrogens with one attached hydrogen (secondary N) is 3. The number of amides is 3. The van der Waals surface area contributed by atoms with Gasteiger partial charge in [-0.15, -0.1) is 0 Å². The molecule has 3 N–H and O–H groups in total. The molecule has 0 saturated heterocycles. The highest BCUT2D eigenvalue weighted by Crippen LogP contribution is 2.22. The van der Waals surface area contributed by atoms with Crippen molar-refractivity contribution >= 4 is 11.9 Å². The molecular weight excluding hydrogens is 314 g/mol. The van der Waals surface area contributed by atoms with Crippen molar-refractivity contribution in [2.24, 2.45) is 5.92 Å². The number of urea groups is 1. The Morgan fingerprint density at radius 1 is 1.00 bits per heavy atom. The third-order valence-corrected chi connectivity index (χ3v) is 4.83. The van der Waals surface area contributed by atoms with Crippen LogP contribution in [-0.4, -0.2) is 24.0 Å². The van der Waals surface area contributed by atoms with Gasteiger partial charge in [0, 0.05) is 12.1 Å². The van der Waals surface area contributed by atoms with Gasteiger partial charge >= 0.3 is 6.03 Å². The van der Waals surface area contributed by atoms with Crippen molar-refractivity contribution in [1.29, 1.82) is 0 Å². The molecule has 25 heavy (non-hydrogen) atoms. The van der Waals surface area contributed by atoms with Gasteiger partial charge < -0.3 is 5.32 Å². The van der Waals surface area contributed by atoms with E-state index in [-0.39, 0.29) is 24.0 Å². The summed E-state index contributed by atoms with van der Waals surface area (Å²) >= 11 is 0. The summed E-state index contributed by atoms with van der Waals surface area (Å²) < 4.78 is 0. The van der Waals surface area contributed by atoms with Gasteiger partial charge in [-0.2, -0.15) is 0 Å². The normalized spacial score (nSPS) is 17.8. The molecule has 138 valence electrons. The van der Waals surface area contributed by atoms with E-state index in [4.69, 9.17) is 0 Å². The van der Waals surface area contributed by atoms with Gasteiger partial charge in [-0.05, 0) is 31.2 Å². The average molecular weight is 345 g/mol. The van der Waals surface area contributed by atoms with Gasteiger partial charge in [-0.25, -0.2) is 4.79 Å². The van der Waals surface area contributed by atoms with Crippen LogP contribution in [0.4, 0.5) is 4.79 Å². The molecule has 5 heteroatoms. The van der Waals surface area contributed by atoms with Crippen LogP contribution >= 0.6 is 0 Å². The zero-order chi connectivity index (χ0) is 18.2. The lowest BCUT2D eigenvalue weighted by atomic mass is 9.95. The zero-order valence-electron chi connectivity index (χ0n) is 15.5. The molecule has 3 amide bonds. The smallest absolute Gasteiger partial charge is 0.321 e. The van der Waals surface area contributed by atoms with E-state index < -0.39 is 6.04 Å². The molecule has 0 aliphatic heterocycles. The van der Waals surface area contributed by atoms with Gasteiger partial charge in [-0.1, -0.05) is 63.4 Å². The lowest BCUT2D eigenvalue weighted by molar-refractivity contribution is -0.121. The molecular formula is C20H31N3O2. The fraction of sp³-hybridized carbons (Fsp3) is 0.600. The standard InChI is InChI=1S/C20H31N3O2/c1-14(2)18(16-10-6-4-7-11-16)21-15(3)19(24)23-20(25)22-17-12-8-5-9-13-17/h4,6-7,10-11,14-15,17-18,21H,5,8-9,12-13H2,1-3H3,(H2,22,23,24,25)/t15-,18+/m0/s1. The highest BCUT2D eigenvalue weighted by atomic mass is 16.2. The summed E-state index contributed by atoms with van der Waals surface area (Å²) in [5.41, 5.74) is 1.14. The van der Waals surface area contributed by atoms with Crippen LogP contribution in [0.15, 0.2) is 30.3 Å². The third kappa shape index (κ3) is 6.16. The molecule has 1 saturated carbocycles. The second-order valence-corrected chi connectivity index (χ2v) is 7.32. The Bertz CT molecular complexity index is 553. The summed E-state index contributed by atoms with van der Waals surface area (Å²) in [6.07, 6.45) is 5.52. The number of benzene rings is 1. The third-order valence-electron chi connectivity index (χ3n) is 4.83. The Morgan fingerprint density at radius 3 is 2.24 bits per heavy atom. The van der Waals surface area contributed by atoms with E-state index in [1.165, 1.54) is 6.42 Å². The molecule has 1 aromatic carbocycles. The maximum atomic E-state index is 12.4. The maximum Gasteiger partial charge on any atom is 0.321 e. The van der Waals surface area contributed by atoms with Crippen LogP contribution in [0.2, 0.25) is 0 Å². The molecule has 0 heterocycles. The first-order valence-electron chi connectivity index (χ1n) is 9.39. The quantitative estimate of drug-likeness (QED) is 0.739. The van der Waals surface area contributed by atoms with E-state index in [1.807, 2.05) is 18.2 Å². The van der Waals surface area contributed by atoms with E-state index in [0.717, 1.165) is 31.2 Å². The molecule has 0 bridgehead atoms. The first kappa shape index (κ1) is 19.4. The first-order valence-corrected chi connectivity index (χ1v) is 9.39. The molecule has 0 unspecified atom stereocenters. The van der Waals surface area contributed by atoms with Gasteiger partial charge in [0.2, 0.25) is 5.91 Å². The summed E-state index contributed by atoms with van der Waals surface area (Å²) in [6, 6.07) is 9.49. The van der Waals surface area contributed by atoms with Crippen molar-refractivity contribution in [1.82, 2.24) is 16.0 Å². The number of hydrogen-bond donors (Lipinski definition) is 3. The molecule has 0 spiro atoms. The Hall–Kier alpha value is -1.88. The summed E-state index contributed by atoms with van der Waals surface area (Å²) in [5.74, 6) is 0.0311. The summed E-state index contributed by atoms with van der Waals surface area (Å²) in [5, 5.41) is 8.73. The Labute approximate surface area is 151 Å². The lowest BCUT2D eigenvalue weighted by Crippen LogP contribution is -2.51. The highest BCUT2D eigenvalue weighted by molar-refractivity contribution is 5.96. The molecule has 0 radical (unpaired) electrons. The molecule has 0 aromatic heterocycles. The average Bonchev–Trinajstić information content (AvgIpc) is 2.60. The predicted octanol–water partition coefficient (Wildman–Crippen LogP) is 3.52. The fourth-order valence-electron chi connectivity index (χ4n) is 3.37. The topological polar surface area (TPSA) is 70.2 Å². The zero-order valence-corrected chi connectivity index (χ0v) is 15.5. The van der Waals surface area contributed by atoms with Crippen LogP contribution < -0.4 is 16.0 Å². The van der Waals surface area contributed by atoms with Crippen molar-refractivity contribution < 1.29 is 9.59 Å². The second-order valence-electron chi connectivity index (χ2n) is 7.32. The van der Waals surface area contributed by atoms with Crippen molar-refractivity contribution in [2.45, 2.75) is 71.0 Å². The Balaban J connectivity index is 1.86. The van der Waals surface area contributed by atoms with E-state index >= 15 is 0 Å². The monoisotopic (exact) mass is 345 g/mol. The minimum Gasteiger partial charge on any atom is -0.335 e. The lowest BCUT2D eigenvalue weighted by Gasteiger charge is -2.27. The molecule has 1 aliphatic carbocycles. The number of imide groups is 1. The highest BCUT2D eigenvalue weighted by Gasteiger charge is 2.23. The van der Waals surface area contributed by atoms with E-state index in [1.54, 1.807) is 6.92 Å². The molecule has 2 atom stereocenters. The second kappa shape index (κ2) is 9.56. The van der Waals surface area contributed by atoms with Crippen LogP contribution in [0.25, 0.3) is 0 Å². The Morgan fingerprint density at radius 2 is 1.64 bits per heavy atom. The van der Waals surface area contributed by atoms with Gasteiger partial charge in [0.05, 0.1) is 6.04 Å². The van der Waals surface area contributed by atoms with Gasteiger partial charge in [0.1, 0.15) is 0 Å². The summed E-state index contributed by atoms with van der Waals surface area (Å²) in [4.78, 5) is 24.4. The number of carbonyl (C=O) groups excluding carboxylic acids is 2. The molecule has 2 rings (SSSR count). The maximum absolute atomic E-state index is 12.4. The fourth-order valence-corrected chi connectivity index (χ4v) is 3.37. The molecule has 1 aliphatic rings. The first-order chi connectivity index (χ1) is 12.0. The number of rotatable bonds is 6. The van der Waals surface area contributed by atoms with Gasteiger partial charge in [-0.3, -0.25) is 15.4 Å². The van der Waals surface area contributed by atoms with Crippen molar-refractivity contribution in [3.63, 3.8) is 0 Å². The Kier molecular flexibility index (Phi) is 7.44. The van der Waals surface area contributed by atoms with Crippen molar-refractivity contribution in [2.75, 3.05) is 0 Å². The molecule has 1 aromatic rings. The predicted molar refractivity (Wildman–Crippen MR) is 100 cm³/mol. The van der Waals surface area contributed by atoms with Crippen LogP contribution in [0.1, 0.15) is 64.5 Å². The van der Waals surface area contributed by atoms with E-state index in [0.29, 0.717) is 5.92 Å². The number of hydrogen-bond acceptors (Lipinski definition) is 3. The minimum atomic E-state index is -0.454. The van der Waals surface area contributed by atoms with Crippen molar-refractivity contribution in [3.8, 4) is 0 Å². The van der Waals surface area contributed by atoms with E-state index in [9.17, 15) is 9.59 Å². The largest absolute Gasteiger partial charge is 0.335 e. The molecule has 5 nitrogen and oxygen atoms in total. The van der Waals surface area contributed by atoms with Crippen LogP contribution in [-0.2, 0) is 4.79 Å². The van der Waals surface area contributed by atoms with E-state index in [2.05, 4.69) is 41.9 Å². The van der Waals surface area contributed by atoms with Gasteiger partial charge in [0.25, 0.3) is 0 Å². The number of carbonyl (C=O) groups is 2. The summed E-state index contributed by atoms with van der Waals surface area (Å²) in [7, 11) is 0.